The van der Waals surface area contributed by atoms with Crippen molar-refractivity contribution in [2.24, 2.45) is 0 Å². The van der Waals surface area contributed by atoms with E-state index in [9.17, 15) is 0 Å². The molecule has 0 amide bonds. The molecule has 0 aliphatic heterocycles. The highest BCUT2D eigenvalue weighted by Crippen LogP contribution is 2.44. The molecule has 0 N–H and O–H groups in total. The maximum Gasteiger partial charge on any atom is 0.227 e. The molecule has 0 spiro atoms. The molecule has 3 heteroatoms. The molecule has 65 heavy (non-hydrogen) atoms. The average Bonchev–Trinajstić information content (AvgIpc) is 3.83. The van der Waals surface area contributed by atoms with Crippen molar-refractivity contribution < 1.29 is 4.42 Å². The van der Waals surface area contributed by atoms with E-state index in [0.717, 1.165) is 55.3 Å². The Hall–Kier alpha value is -8.66. The summed E-state index contributed by atoms with van der Waals surface area (Å²) in [4.78, 5) is 10.4. The van der Waals surface area contributed by atoms with Crippen LogP contribution in [-0.2, 0) is 0 Å². The van der Waals surface area contributed by atoms with E-state index in [1.54, 1.807) is 0 Å². The lowest BCUT2D eigenvalue weighted by Gasteiger charge is -2.17. The normalized spacial score (nSPS) is 12.0. The van der Waals surface area contributed by atoms with Crippen molar-refractivity contribution in [1.82, 2.24) is 9.97 Å². The summed E-state index contributed by atoms with van der Waals surface area (Å²) in [7, 11) is 0. The molecule has 2 aromatic heterocycles. The van der Waals surface area contributed by atoms with Crippen LogP contribution in [0, 0.1) is 0 Å². The molecule has 0 atom stereocenters. The average molecular weight is 825 g/mol. The molecule has 0 fully saturated rings. The van der Waals surface area contributed by atoms with E-state index in [4.69, 9.17) is 14.4 Å². The summed E-state index contributed by atoms with van der Waals surface area (Å²) in [6.07, 6.45) is 0. The number of rotatable bonds is 4. The Morgan fingerprint density at radius 3 is 1.25 bits per heavy atom. The van der Waals surface area contributed by atoms with Crippen LogP contribution in [0.3, 0.4) is 0 Å². The molecule has 0 unspecified atom stereocenters. The van der Waals surface area contributed by atoms with Gasteiger partial charge in [-0.1, -0.05) is 170 Å². The number of oxazole rings is 1. The fraction of sp³-hybridized carbons (Fsp3) is 0. The van der Waals surface area contributed by atoms with E-state index < -0.39 is 0 Å². The zero-order valence-corrected chi connectivity index (χ0v) is 35.1. The number of hydrogen-bond donors (Lipinski definition) is 0. The zero-order valence-electron chi connectivity index (χ0n) is 35.1. The van der Waals surface area contributed by atoms with Crippen LogP contribution in [0.5, 0.6) is 0 Å². The first-order valence-corrected chi connectivity index (χ1v) is 22.2. The van der Waals surface area contributed by atoms with Gasteiger partial charge in [0.2, 0.25) is 5.89 Å². The molecular weight excluding hydrogens is 789 g/mol. The predicted molar refractivity (Wildman–Crippen MR) is 274 cm³/mol. The zero-order chi connectivity index (χ0) is 42.6. The van der Waals surface area contributed by atoms with Crippen LogP contribution >= 0.6 is 0 Å². The lowest BCUT2D eigenvalue weighted by molar-refractivity contribution is 0.620. The van der Waals surface area contributed by atoms with Crippen LogP contribution in [0.15, 0.2) is 223 Å². The summed E-state index contributed by atoms with van der Waals surface area (Å²) >= 11 is 0. The van der Waals surface area contributed by atoms with Crippen molar-refractivity contribution in [2.75, 3.05) is 0 Å². The minimum atomic E-state index is 0.610. The van der Waals surface area contributed by atoms with Gasteiger partial charge in [-0.05, 0) is 141 Å². The summed E-state index contributed by atoms with van der Waals surface area (Å²) < 4.78 is 6.21. The molecule has 12 aromatic carbocycles. The Bertz CT molecular complexity index is 4190. The van der Waals surface area contributed by atoms with Gasteiger partial charge in [-0.2, -0.15) is 0 Å². The third-order valence-electron chi connectivity index (χ3n) is 13.7. The topological polar surface area (TPSA) is 38.9 Å². The van der Waals surface area contributed by atoms with Crippen molar-refractivity contribution in [3.05, 3.63) is 218 Å². The molecule has 300 valence electrons. The van der Waals surface area contributed by atoms with Crippen molar-refractivity contribution in [3.8, 4) is 45.0 Å². The van der Waals surface area contributed by atoms with Gasteiger partial charge in [0.25, 0.3) is 0 Å². The number of hydrogen-bond acceptors (Lipinski definition) is 3. The smallest absolute Gasteiger partial charge is 0.227 e. The van der Waals surface area contributed by atoms with Gasteiger partial charge in [-0.3, -0.25) is 0 Å². The lowest BCUT2D eigenvalue weighted by atomic mass is 9.88. The van der Waals surface area contributed by atoms with E-state index in [1.807, 2.05) is 24.3 Å². The van der Waals surface area contributed by atoms with Crippen molar-refractivity contribution in [2.45, 2.75) is 0 Å². The molecular formula is C62H36N2O. The largest absolute Gasteiger partial charge is 0.436 e. The van der Waals surface area contributed by atoms with Gasteiger partial charge < -0.3 is 4.42 Å². The number of aromatic nitrogens is 2. The fourth-order valence-corrected chi connectivity index (χ4v) is 10.6. The maximum absolute atomic E-state index is 6.21. The predicted octanol–water partition coefficient (Wildman–Crippen LogP) is 17.1. The molecule has 14 aromatic rings. The third kappa shape index (κ3) is 5.49. The molecule has 0 radical (unpaired) electrons. The van der Waals surface area contributed by atoms with E-state index in [-0.39, 0.29) is 0 Å². The molecule has 0 aliphatic rings. The van der Waals surface area contributed by atoms with Crippen LogP contribution in [0.25, 0.3) is 142 Å². The van der Waals surface area contributed by atoms with E-state index in [2.05, 4.69) is 194 Å². The number of fused-ring (bicyclic) bond motifs is 16. The second-order valence-corrected chi connectivity index (χ2v) is 17.2. The van der Waals surface area contributed by atoms with Crippen LogP contribution < -0.4 is 0 Å². The second-order valence-electron chi connectivity index (χ2n) is 17.2. The molecule has 0 saturated heterocycles. The standard InChI is InChI=1S/C62H36N2O/c1-3-17-45-41(13-1)43-15-5-7-19-47(43)55-33-39(29-31-50(45)55)53-35-57-54(37-25-27-38(28-26-37)62-64-58-23-11-12-24-60(58)65-62)36-59(63-61(57)52-22-10-9-21-49(52)53)40-30-32-51-46-18-4-2-14-42(46)44-16-6-8-20-48(44)56(51)34-40/h1-36H. The van der Waals surface area contributed by atoms with Crippen LogP contribution in [0.2, 0.25) is 0 Å². The summed E-state index contributed by atoms with van der Waals surface area (Å²) in [5.41, 5.74) is 10.1. The Balaban J connectivity index is 1.03. The van der Waals surface area contributed by atoms with Gasteiger partial charge in [-0.15, -0.1) is 0 Å². The highest BCUT2D eigenvalue weighted by Gasteiger charge is 2.19. The minimum absolute atomic E-state index is 0.610. The maximum atomic E-state index is 6.21. The second kappa shape index (κ2) is 13.9. The number of pyridine rings is 1. The number of benzene rings is 12. The van der Waals surface area contributed by atoms with Crippen molar-refractivity contribution >= 4 is 97.4 Å². The summed E-state index contributed by atoms with van der Waals surface area (Å²) in [5, 5.41) is 18.5. The van der Waals surface area contributed by atoms with Gasteiger partial charge >= 0.3 is 0 Å². The summed E-state index contributed by atoms with van der Waals surface area (Å²) in [6.45, 7) is 0. The molecule has 0 bridgehead atoms. The van der Waals surface area contributed by atoms with E-state index in [0.29, 0.717) is 5.89 Å². The quantitative estimate of drug-likeness (QED) is 0.166. The van der Waals surface area contributed by atoms with Crippen LogP contribution in [-0.4, -0.2) is 9.97 Å². The molecule has 2 heterocycles. The first-order valence-electron chi connectivity index (χ1n) is 22.2. The number of para-hydroxylation sites is 2. The van der Waals surface area contributed by atoms with Crippen LogP contribution in [0.4, 0.5) is 0 Å². The lowest BCUT2D eigenvalue weighted by Crippen LogP contribution is -1.94. The van der Waals surface area contributed by atoms with Gasteiger partial charge in [-0.25, -0.2) is 9.97 Å². The highest BCUT2D eigenvalue weighted by atomic mass is 16.3. The summed E-state index contributed by atoms with van der Waals surface area (Å²) in [5.74, 6) is 0.610. The van der Waals surface area contributed by atoms with Gasteiger partial charge in [0.1, 0.15) is 5.52 Å². The summed E-state index contributed by atoms with van der Waals surface area (Å²) in [6, 6.07) is 79.0. The molecule has 14 rings (SSSR count). The van der Waals surface area contributed by atoms with Crippen LogP contribution in [0.1, 0.15) is 0 Å². The van der Waals surface area contributed by atoms with Crippen molar-refractivity contribution in [1.29, 1.82) is 0 Å². The van der Waals surface area contributed by atoms with Crippen molar-refractivity contribution in [3.63, 3.8) is 0 Å². The molecule has 3 nitrogen and oxygen atoms in total. The monoisotopic (exact) mass is 824 g/mol. The van der Waals surface area contributed by atoms with E-state index >= 15 is 0 Å². The Morgan fingerprint density at radius 2 is 0.677 bits per heavy atom. The fourth-order valence-electron chi connectivity index (χ4n) is 10.6. The highest BCUT2D eigenvalue weighted by molar-refractivity contribution is 6.27. The molecule has 0 saturated carbocycles. The SMILES string of the molecule is c1ccc2oc(-c3ccc(-c4cc(-c5ccc6c7ccccc7c7ccccc7c6c5)nc5c4cc(-c4ccc6c7ccccc7c7ccccc7c6c4)c4ccccc45)cc3)nc2c1. The Morgan fingerprint density at radius 1 is 0.262 bits per heavy atom. The molecule has 0 aliphatic carbocycles. The third-order valence-corrected chi connectivity index (χ3v) is 13.7. The minimum Gasteiger partial charge on any atom is -0.436 e. The Labute approximate surface area is 373 Å². The first kappa shape index (κ1) is 35.9. The van der Waals surface area contributed by atoms with E-state index in [1.165, 1.54) is 81.1 Å². The Kier molecular flexibility index (Phi) is 7.69. The number of nitrogens with zero attached hydrogens (tertiary/aromatic N) is 2. The van der Waals surface area contributed by atoms with Gasteiger partial charge in [0.05, 0.1) is 11.2 Å². The first-order chi connectivity index (χ1) is 32.2. The van der Waals surface area contributed by atoms with Gasteiger partial charge in [0.15, 0.2) is 5.58 Å². The van der Waals surface area contributed by atoms with Gasteiger partial charge in [0, 0.05) is 21.9 Å².